The fraction of sp³-hybridized carbons (Fsp3) is 0.222. The smallest absolute Gasteiger partial charge is 0.170 e. The molecule has 80 valence electrons. The Bertz CT molecular complexity index is 394. The van der Waals surface area contributed by atoms with Gasteiger partial charge in [0.15, 0.2) is 6.10 Å². The molecule has 0 radical (unpaired) electrons. The Morgan fingerprint density at radius 3 is 2.13 bits per heavy atom. The lowest BCUT2D eigenvalue weighted by Crippen LogP contribution is -2.16. The van der Waals surface area contributed by atoms with E-state index in [0.717, 1.165) is 0 Å². The summed E-state index contributed by atoms with van der Waals surface area (Å²) in [7, 11) is 0. The minimum absolute atomic E-state index is 0.0987. The van der Waals surface area contributed by atoms with E-state index < -0.39 is 12.2 Å². The first-order chi connectivity index (χ1) is 6.97. The summed E-state index contributed by atoms with van der Waals surface area (Å²) >= 11 is 11.6. The largest absolute Gasteiger partial charge is 0.399 e. The van der Waals surface area contributed by atoms with Gasteiger partial charge in [0.1, 0.15) is 6.10 Å². The molecule has 1 rings (SSSR count). The van der Waals surface area contributed by atoms with E-state index in [9.17, 15) is 5.11 Å². The van der Waals surface area contributed by atoms with Crippen LogP contribution in [0, 0.1) is 11.3 Å². The van der Waals surface area contributed by atoms with Gasteiger partial charge in [-0.25, -0.2) is 0 Å². The van der Waals surface area contributed by atoms with Crippen LogP contribution in [0.5, 0.6) is 0 Å². The molecule has 0 fully saturated rings. The van der Waals surface area contributed by atoms with Crippen LogP contribution in [0.25, 0.3) is 0 Å². The zero-order valence-corrected chi connectivity index (χ0v) is 9.00. The van der Waals surface area contributed by atoms with E-state index in [1.54, 1.807) is 0 Å². The fourth-order valence-corrected chi connectivity index (χ4v) is 1.84. The molecule has 0 aliphatic carbocycles. The number of nitrogen functional groups attached to an aromatic ring is 1. The third kappa shape index (κ3) is 2.52. The summed E-state index contributed by atoms with van der Waals surface area (Å²) < 4.78 is 0. The SMILES string of the molecule is N#CC(O)C(O)c1c(Cl)cc(N)cc1Cl. The standard InChI is InChI=1S/C9H8Cl2N2O2/c10-5-1-4(13)2-6(11)8(5)9(15)7(14)3-12/h1-2,7,9,14-15H,13H2. The van der Waals surface area contributed by atoms with Crippen LogP contribution in [-0.4, -0.2) is 16.3 Å². The molecule has 1 aromatic rings. The van der Waals surface area contributed by atoms with Gasteiger partial charge in [-0.3, -0.25) is 0 Å². The average Bonchev–Trinajstić information content (AvgIpc) is 2.14. The number of nitrogens with two attached hydrogens (primary N) is 1. The molecular weight excluding hydrogens is 239 g/mol. The van der Waals surface area contributed by atoms with Crippen molar-refractivity contribution in [3.63, 3.8) is 0 Å². The van der Waals surface area contributed by atoms with Crippen molar-refractivity contribution in [2.45, 2.75) is 12.2 Å². The monoisotopic (exact) mass is 246 g/mol. The molecule has 0 saturated carbocycles. The maximum Gasteiger partial charge on any atom is 0.170 e. The van der Waals surface area contributed by atoms with Crippen LogP contribution >= 0.6 is 23.2 Å². The number of nitrogens with zero attached hydrogens (tertiary/aromatic N) is 1. The molecule has 0 heterocycles. The van der Waals surface area contributed by atoms with Gasteiger partial charge in [-0.2, -0.15) is 5.26 Å². The predicted molar refractivity (Wildman–Crippen MR) is 57.5 cm³/mol. The number of hydrogen-bond donors (Lipinski definition) is 3. The van der Waals surface area contributed by atoms with E-state index in [-0.39, 0.29) is 15.6 Å². The van der Waals surface area contributed by atoms with E-state index in [2.05, 4.69) is 0 Å². The van der Waals surface area contributed by atoms with Crippen molar-refractivity contribution in [2.75, 3.05) is 5.73 Å². The minimum atomic E-state index is -1.58. The Balaban J connectivity index is 3.21. The van der Waals surface area contributed by atoms with Crippen LogP contribution in [0.3, 0.4) is 0 Å². The lowest BCUT2D eigenvalue weighted by atomic mass is 10.0. The summed E-state index contributed by atoms with van der Waals surface area (Å²) in [4.78, 5) is 0. The van der Waals surface area contributed by atoms with Gasteiger partial charge in [0.05, 0.1) is 16.1 Å². The molecule has 0 bridgehead atoms. The molecule has 0 aromatic heterocycles. The van der Waals surface area contributed by atoms with Crippen LogP contribution in [0.2, 0.25) is 10.0 Å². The molecule has 0 aliphatic rings. The van der Waals surface area contributed by atoms with Crippen molar-refractivity contribution >= 4 is 28.9 Å². The highest BCUT2D eigenvalue weighted by Crippen LogP contribution is 2.34. The third-order valence-electron chi connectivity index (χ3n) is 1.83. The van der Waals surface area contributed by atoms with Gasteiger partial charge in [-0.1, -0.05) is 23.2 Å². The molecule has 0 spiro atoms. The van der Waals surface area contributed by atoms with E-state index in [1.807, 2.05) is 0 Å². The Kier molecular flexibility index (Phi) is 3.77. The second-order valence-corrected chi connectivity index (χ2v) is 3.73. The number of aliphatic hydroxyl groups excluding tert-OH is 2. The molecule has 2 unspecified atom stereocenters. The van der Waals surface area contributed by atoms with Gasteiger partial charge in [-0.15, -0.1) is 0 Å². The summed E-state index contributed by atoms with van der Waals surface area (Å²) in [6.07, 6.45) is -3.03. The number of halogens is 2. The van der Waals surface area contributed by atoms with Crippen LogP contribution in [0.1, 0.15) is 11.7 Å². The van der Waals surface area contributed by atoms with Gasteiger partial charge < -0.3 is 15.9 Å². The van der Waals surface area contributed by atoms with Crippen molar-refractivity contribution in [1.29, 1.82) is 5.26 Å². The summed E-state index contributed by atoms with van der Waals surface area (Å²) in [6.45, 7) is 0. The number of rotatable bonds is 2. The van der Waals surface area contributed by atoms with Crippen LogP contribution in [-0.2, 0) is 0 Å². The van der Waals surface area contributed by atoms with Crippen molar-refractivity contribution < 1.29 is 10.2 Å². The molecule has 4 N–H and O–H groups in total. The van der Waals surface area contributed by atoms with Crippen LogP contribution in [0.4, 0.5) is 5.69 Å². The molecular formula is C9H8Cl2N2O2. The third-order valence-corrected chi connectivity index (χ3v) is 2.45. The first kappa shape index (κ1) is 12.1. The highest BCUT2D eigenvalue weighted by Gasteiger charge is 2.23. The summed E-state index contributed by atoms with van der Waals surface area (Å²) in [5, 5.41) is 27.4. The molecule has 0 amide bonds. The van der Waals surface area contributed by atoms with Crippen LogP contribution < -0.4 is 5.73 Å². The zero-order chi connectivity index (χ0) is 11.6. The molecule has 2 atom stereocenters. The molecule has 0 saturated heterocycles. The van der Waals surface area contributed by atoms with Gasteiger partial charge in [-0.05, 0) is 12.1 Å². The van der Waals surface area contributed by atoms with E-state index in [4.69, 9.17) is 39.3 Å². The van der Waals surface area contributed by atoms with Gasteiger partial charge >= 0.3 is 0 Å². The molecule has 0 aliphatic heterocycles. The summed E-state index contributed by atoms with van der Waals surface area (Å²) in [5.41, 5.74) is 5.90. The van der Waals surface area contributed by atoms with Crippen molar-refractivity contribution in [3.05, 3.63) is 27.7 Å². The van der Waals surface area contributed by atoms with Crippen molar-refractivity contribution in [3.8, 4) is 6.07 Å². The maximum absolute atomic E-state index is 9.56. The number of hydrogen-bond acceptors (Lipinski definition) is 4. The van der Waals surface area contributed by atoms with E-state index in [0.29, 0.717) is 5.69 Å². The second-order valence-electron chi connectivity index (χ2n) is 2.92. The van der Waals surface area contributed by atoms with Gasteiger partial charge in [0.25, 0.3) is 0 Å². The molecule has 15 heavy (non-hydrogen) atoms. The normalized spacial score (nSPS) is 14.3. The Morgan fingerprint density at radius 1 is 1.27 bits per heavy atom. The topological polar surface area (TPSA) is 90.3 Å². The quantitative estimate of drug-likeness (QED) is 0.545. The summed E-state index contributed by atoms with van der Waals surface area (Å²) in [6, 6.07) is 4.26. The highest BCUT2D eigenvalue weighted by atomic mass is 35.5. The summed E-state index contributed by atoms with van der Waals surface area (Å²) in [5.74, 6) is 0. The molecule has 6 heteroatoms. The number of aliphatic hydroxyl groups is 2. The second kappa shape index (κ2) is 4.69. The van der Waals surface area contributed by atoms with Gasteiger partial charge in [0, 0.05) is 11.3 Å². The number of anilines is 1. The van der Waals surface area contributed by atoms with E-state index >= 15 is 0 Å². The maximum atomic E-state index is 9.56. The Morgan fingerprint density at radius 2 is 1.73 bits per heavy atom. The number of benzene rings is 1. The van der Waals surface area contributed by atoms with Gasteiger partial charge in [0.2, 0.25) is 0 Å². The van der Waals surface area contributed by atoms with E-state index in [1.165, 1.54) is 18.2 Å². The first-order valence-corrected chi connectivity index (χ1v) is 4.73. The fourth-order valence-electron chi connectivity index (χ4n) is 1.11. The molecule has 1 aromatic carbocycles. The zero-order valence-electron chi connectivity index (χ0n) is 7.48. The average molecular weight is 247 g/mol. The Hall–Kier alpha value is -0.990. The highest BCUT2D eigenvalue weighted by molar-refractivity contribution is 6.36. The Labute approximate surface area is 96.5 Å². The minimum Gasteiger partial charge on any atom is -0.399 e. The lowest BCUT2D eigenvalue weighted by Gasteiger charge is -2.15. The lowest BCUT2D eigenvalue weighted by molar-refractivity contribution is 0.0529. The predicted octanol–water partition coefficient (Wildman–Crippen LogP) is 1.49. The number of nitriles is 1. The van der Waals surface area contributed by atoms with Crippen molar-refractivity contribution in [2.24, 2.45) is 0 Å². The van der Waals surface area contributed by atoms with Crippen molar-refractivity contribution in [1.82, 2.24) is 0 Å². The molecule has 4 nitrogen and oxygen atoms in total. The first-order valence-electron chi connectivity index (χ1n) is 3.97. The van der Waals surface area contributed by atoms with Crippen LogP contribution in [0.15, 0.2) is 12.1 Å².